The van der Waals surface area contributed by atoms with Crippen LogP contribution in [0.25, 0.3) is 0 Å². The minimum Gasteiger partial charge on any atom is -0.477 e. The highest BCUT2D eigenvalue weighted by atomic mass is 16.4. The molecule has 4 nitrogen and oxygen atoms in total. The second kappa shape index (κ2) is 6.84. The summed E-state index contributed by atoms with van der Waals surface area (Å²) in [6.45, 7) is 3.07. The Bertz CT molecular complexity index is 454. The van der Waals surface area contributed by atoms with E-state index in [1.165, 1.54) is 32.1 Å². The average molecular weight is 276 g/mol. The fourth-order valence-electron chi connectivity index (χ4n) is 3.10. The van der Waals surface area contributed by atoms with Gasteiger partial charge in [0, 0.05) is 18.8 Å². The lowest BCUT2D eigenvalue weighted by Crippen LogP contribution is -2.34. The largest absolute Gasteiger partial charge is 0.477 e. The molecule has 1 saturated carbocycles. The molecule has 1 N–H and O–H groups in total. The van der Waals surface area contributed by atoms with E-state index < -0.39 is 5.97 Å². The summed E-state index contributed by atoms with van der Waals surface area (Å²) in [6, 6.07) is 4.20. The molecule has 1 heterocycles. The van der Waals surface area contributed by atoms with Crippen molar-refractivity contribution in [2.45, 2.75) is 51.6 Å². The van der Waals surface area contributed by atoms with Gasteiger partial charge in [-0.1, -0.05) is 13.3 Å². The maximum atomic E-state index is 10.9. The van der Waals surface area contributed by atoms with Crippen molar-refractivity contribution in [3.63, 3.8) is 0 Å². The first-order chi connectivity index (χ1) is 9.60. The zero-order valence-electron chi connectivity index (χ0n) is 12.4. The topological polar surface area (TPSA) is 53.4 Å². The van der Waals surface area contributed by atoms with Gasteiger partial charge in [-0.2, -0.15) is 0 Å². The van der Waals surface area contributed by atoms with E-state index in [1.807, 2.05) is 6.07 Å². The van der Waals surface area contributed by atoms with Crippen molar-refractivity contribution < 1.29 is 9.90 Å². The van der Waals surface area contributed by atoms with E-state index in [0.717, 1.165) is 18.0 Å². The van der Waals surface area contributed by atoms with E-state index in [2.05, 4.69) is 23.9 Å². The molecule has 4 heteroatoms. The van der Waals surface area contributed by atoms with Gasteiger partial charge in [-0.3, -0.25) is 4.90 Å². The molecular weight excluding hydrogens is 252 g/mol. The highest BCUT2D eigenvalue weighted by Gasteiger charge is 2.23. The predicted octanol–water partition coefficient (Wildman–Crippen LogP) is 3.18. The van der Waals surface area contributed by atoms with Crippen LogP contribution in [-0.2, 0) is 6.54 Å². The van der Waals surface area contributed by atoms with Crippen LogP contribution in [0.5, 0.6) is 0 Å². The van der Waals surface area contributed by atoms with Crippen LogP contribution in [0.4, 0.5) is 0 Å². The number of hydrogen-bond donors (Lipinski definition) is 1. The lowest BCUT2D eigenvalue weighted by atomic mass is 9.84. The molecule has 0 unspecified atom stereocenters. The predicted molar refractivity (Wildman–Crippen MR) is 78.7 cm³/mol. The molecule has 0 bridgehead atoms. The number of carboxylic acid groups (broad SMARTS) is 1. The Kier molecular flexibility index (Phi) is 5.12. The van der Waals surface area contributed by atoms with Gasteiger partial charge in [0.25, 0.3) is 0 Å². The van der Waals surface area contributed by atoms with Crippen molar-refractivity contribution in [2.75, 3.05) is 7.05 Å². The molecular formula is C16H24N2O2. The van der Waals surface area contributed by atoms with Gasteiger partial charge in [0.1, 0.15) is 5.69 Å². The van der Waals surface area contributed by atoms with E-state index in [4.69, 9.17) is 5.11 Å². The second-order valence-electron chi connectivity index (χ2n) is 5.85. The first-order valence-electron chi connectivity index (χ1n) is 7.48. The number of aromatic carboxylic acids is 1. The molecule has 1 aromatic heterocycles. The second-order valence-corrected chi connectivity index (χ2v) is 5.85. The van der Waals surface area contributed by atoms with Crippen LogP contribution < -0.4 is 0 Å². The summed E-state index contributed by atoms with van der Waals surface area (Å²) in [4.78, 5) is 17.1. The van der Waals surface area contributed by atoms with E-state index >= 15 is 0 Å². The number of aromatic nitrogens is 1. The van der Waals surface area contributed by atoms with Crippen LogP contribution in [0.15, 0.2) is 18.3 Å². The Morgan fingerprint density at radius 3 is 2.70 bits per heavy atom. The Morgan fingerprint density at radius 1 is 1.40 bits per heavy atom. The molecule has 0 saturated heterocycles. The zero-order chi connectivity index (χ0) is 14.5. The number of nitrogens with zero attached hydrogens (tertiary/aromatic N) is 2. The number of carboxylic acids is 1. The van der Waals surface area contributed by atoms with Gasteiger partial charge in [0.05, 0.1) is 0 Å². The van der Waals surface area contributed by atoms with Gasteiger partial charge < -0.3 is 5.11 Å². The summed E-state index contributed by atoms with van der Waals surface area (Å²) in [5.41, 5.74) is 1.16. The van der Waals surface area contributed by atoms with E-state index in [-0.39, 0.29) is 5.69 Å². The molecule has 1 aliphatic carbocycles. The van der Waals surface area contributed by atoms with Crippen LogP contribution in [0, 0.1) is 5.92 Å². The van der Waals surface area contributed by atoms with Gasteiger partial charge in [0.2, 0.25) is 0 Å². The third-order valence-electron chi connectivity index (χ3n) is 4.49. The minimum absolute atomic E-state index is 0.130. The molecule has 1 aliphatic rings. The van der Waals surface area contributed by atoms with E-state index in [1.54, 1.807) is 12.3 Å². The molecule has 110 valence electrons. The van der Waals surface area contributed by atoms with Crippen molar-refractivity contribution in [1.82, 2.24) is 9.88 Å². The van der Waals surface area contributed by atoms with Crippen molar-refractivity contribution in [2.24, 2.45) is 5.92 Å². The highest BCUT2D eigenvalue weighted by molar-refractivity contribution is 5.85. The summed E-state index contributed by atoms with van der Waals surface area (Å²) in [7, 11) is 2.14. The first kappa shape index (κ1) is 15.0. The molecule has 0 spiro atoms. The van der Waals surface area contributed by atoms with Gasteiger partial charge in [-0.15, -0.1) is 0 Å². The normalized spacial score (nSPS) is 22.9. The van der Waals surface area contributed by atoms with E-state index in [0.29, 0.717) is 6.04 Å². The number of rotatable bonds is 5. The average Bonchev–Trinajstić information content (AvgIpc) is 2.47. The zero-order valence-corrected chi connectivity index (χ0v) is 12.4. The SMILES string of the molecule is CCC1CCC(N(C)Cc2ccnc(C(=O)O)c2)CC1. The maximum Gasteiger partial charge on any atom is 0.354 e. The minimum atomic E-state index is -0.960. The third kappa shape index (κ3) is 3.79. The summed E-state index contributed by atoms with van der Waals surface area (Å²) < 4.78 is 0. The van der Waals surface area contributed by atoms with Gasteiger partial charge in [-0.25, -0.2) is 9.78 Å². The lowest BCUT2D eigenvalue weighted by Gasteiger charge is -2.34. The Labute approximate surface area is 120 Å². The van der Waals surface area contributed by atoms with Crippen LogP contribution >= 0.6 is 0 Å². The van der Waals surface area contributed by atoms with Gasteiger partial charge in [-0.05, 0) is 56.3 Å². The molecule has 0 aromatic carbocycles. The summed E-state index contributed by atoms with van der Waals surface area (Å²) in [5.74, 6) is -0.0582. The Balaban J connectivity index is 1.93. The summed E-state index contributed by atoms with van der Waals surface area (Å²) in [6.07, 6.45) is 8.03. The summed E-state index contributed by atoms with van der Waals surface area (Å²) in [5, 5.41) is 8.97. The van der Waals surface area contributed by atoms with Crippen molar-refractivity contribution in [3.05, 3.63) is 29.6 Å². The maximum absolute atomic E-state index is 10.9. The van der Waals surface area contributed by atoms with Crippen LogP contribution in [-0.4, -0.2) is 34.0 Å². The molecule has 2 rings (SSSR count). The van der Waals surface area contributed by atoms with Gasteiger partial charge in [0.15, 0.2) is 0 Å². The van der Waals surface area contributed by atoms with Crippen LogP contribution in [0.2, 0.25) is 0 Å². The number of hydrogen-bond acceptors (Lipinski definition) is 3. The fraction of sp³-hybridized carbons (Fsp3) is 0.625. The third-order valence-corrected chi connectivity index (χ3v) is 4.49. The molecule has 0 aliphatic heterocycles. The number of pyridine rings is 1. The van der Waals surface area contributed by atoms with Crippen molar-refractivity contribution in [1.29, 1.82) is 0 Å². The fourth-order valence-corrected chi connectivity index (χ4v) is 3.10. The van der Waals surface area contributed by atoms with Crippen LogP contribution in [0.3, 0.4) is 0 Å². The smallest absolute Gasteiger partial charge is 0.354 e. The quantitative estimate of drug-likeness (QED) is 0.897. The van der Waals surface area contributed by atoms with Crippen molar-refractivity contribution in [3.8, 4) is 0 Å². The molecule has 1 fully saturated rings. The highest BCUT2D eigenvalue weighted by Crippen LogP contribution is 2.29. The van der Waals surface area contributed by atoms with Crippen molar-refractivity contribution >= 4 is 5.97 Å². The lowest BCUT2D eigenvalue weighted by molar-refractivity contribution is 0.0690. The first-order valence-corrected chi connectivity index (χ1v) is 7.48. The molecule has 0 radical (unpaired) electrons. The molecule has 0 atom stereocenters. The Morgan fingerprint density at radius 2 is 2.10 bits per heavy atom. The monoisotopic (exact) mass is 276 g/mol. The van der Waals surface area contributed by atoms with E-state index in [9.17, 15) is 4.79 Å². The molecule has 0 amide bonds. The van der Waals surface area contributed by atoms with Crippen LogP contribution in [0.1, 0.15) is 55.1 Å². The molecule has 1 aromatic rings. The number of carbonyl (C=O) groups is 1. The standard InChI is InChI=1S/C16H24N2O2/c1-3-12-4-6-14(7-5-12)18(2)11-13-8-9-17-15(10-13)16(19)20/h8-10,12,14H,3-7,11H2,1-2H3,(H,19,20). The van der Waals surface area contributed by atoms with Gasteiger partial charge >= 0.3 is 5.97 Å². The summed E-state index contributed by atoms with van der Waals surface area (Å²) >= 11 is 0. The Hall–Kier alpha value is -1.42. The molecule has 20 heavy (non-hydrogen) atoms.